The van der Waals surface area contributed by atoms with Crippen molar-refractivity contribution in [3.05, 3.63) is 23.8 Å². The lowest BCUT2D eigenvalue weighted by Crippen LogP contribution is -2.18. The first-order valence-corrected chi connectivity index (χ1v) is 5.18. The van der Waals surface area contributed by atoms with E-state index in [1.165, 1.54) is 13.2 Å². The fourth-order valence-electron chi connectivity index (χ4n) is 1.31. The quantitative estimate of drug-likeness (QED) is 0.401. The van der Waals surface area contributed by atoms with Crippen molar-refractivity contribution in [2.24, 2.45) is 5.73 Å². The predicted octanol–water partition coefficient (Wildman–Crippen LogP) is 0.563. The molecule has 1 aromatic rings. The third-order valence-corrected chi connectivity index (χ3v) is 2.13. The molecule has 0 unspecified atom stereocenters. The van der Waals surface area contributed by atoms with E-state index in [2.05, 4.69) is 14.8 Å². The monoisotopic (exact) mass is 253 g/mol. The van der Waals surface area contributed by atoms with E-state index in [1.807, 2.05) is 0 Å². The molecule has 0 aliphatic heterocycles. The van der Waals surface area contributed by atoms with Gasteiger partial charge in [-0.15, -0.1) is 0 Å². The third kappa shape index (κ3) is 3.85. The zero-order valence-corrected chi connectivity index (χ0v) is 9.93. The summed E-state index contributed by atoms with van der Waals surface area (Å²) in [5, 5.41) is 2.94. The zero-order valence-electron chi connectivity index (χ0n) is 9.93. The summed E-state index contributed by atoms with van der Waals surface area (Å²) in [7, 11) is 1.30. The Bertz CT molecular complexity index is 448. The molecule has 1 amide bonds. The van der Waals surface area contributed by atoms with Crippen LogP contribution in [0.25, 0.3) is 0 Å². The third-order valence-electron chi connectivity index (χ3n) is 2.13. The fourth-order valence-corrected chi connectivity index (χ4v) is 1.31. The van der Waals surface area contributed by atoms with Crippen LogP contribution in [0.4, 0.5) is 16.2 Å². The number of hydrogen-bond acceptors (Lipinski definition) is 6. The highest BCUT2D eigenvalue weighted by molar-refractivity contribution is 5.91. The van der Waals surface area contributed by atoms with Gasteiger partial charge in [0, 0.05) is 6.54 Å². The minimum atomic E-state index is -0.828. The van der Waals surface area contributed by atoms with E-state index in [0.717, 1.165) is 0 Å². The van der Waals surface area contributed by atoms with Crippen molar-refractivity contribution in [2.75, 3.05) is 31.3 Å². The second-order valence-corrected chi connectivity index (χ2v) is 3.39. The number of benzene rings is 1. The molecule has 0 saturated heterocycles. The van der Waals surface area contributed by atoms with Gasteiger partial charge in [-0.2, -0.15) is 0 Å². The molecule has 0 aromatic heterocycles. The Morgan fingerprint density at radius 3 is 2.67 bits per heavy atom. The number of nitrogens with one attached hydrogen (secondary N) is 1. The normalized spacial score (nSPS) is 9.61. The number of rotatable bonds is 5. The van der Waals surface area contributed by atoms with Crippen molar-refractivity contribution < 1.29 is 19.1 Å². The Kier molecular flexibility index (Phi) is 4.79. The maximum absolute atomic E-state index is 11.2. The molecule has 0 bridgehead atoms. The number of hydrogen-bond donors (Lipinski definition) is 3. The minimum Gasteiger partial charge on any atom is -0.465 e. The molecule has 7 heteroatoms. The molecule has 0 radical (unpaired) electrons. The highest BCUT2D eigenvalue weighted by Gasteiger charge is 2.07. The van der Waals surface area contributed by atoms with Gasteiger partial charge in [0.1, 0.15) is 6.61 Å². The predicted molar refractivity (Wildman–Crippen MR) is 66.2 cm³/mol. The van der Waals surface area contributed by atoms with Gasteiger partial charge in [0.2, 0.25) is 0 Å². The van der Waals surface area contributed by atoms with Gasteiger partial charge in [-0.1, -0.05) is 0 Å². The smallest absolute Gasteiger partial charge is 0.404 e. The van der Waals surface area contributed by atoms with E-state index in [9.17, 15) is 9.59 Å². The number of nitrogens with two attached hydrogens (primary N) is 2. The van der Waals surface area contributed by atoms with Crippen LogP contribution < -0.4 is 16.8 Å². The Hall–Kier alpha value is -2.44. The van der Waals surface area contributed by atoms with Gasteiger partial charge in [-0.3, -0.25) is 0 Å². The topological polar surface area (TPSA) is 117 Å². The summed E-state index contributed by atoms with van der Waals surface area (Å²) < 4.78 is 9.11. The Balaban J connectivity index is 2.57. The van der Waals surface area contributed by atoms with Crippen LogP contribution >= 0.6 is 0 Å². The molecule has 0 aliphatic rings. The largest absolute Gasteiger partial charge is 0.465 e. The van der Waals surface area contributed by atoms with Gasteiger partial charge < -0.3 is 26.3 Å². The first-order valence-electron chi connectivity index (χ1n) is 5.18. The molecule has 0 fully saturated rings. The number of anilines is 2. The standard InChI is InChI=1S/C11H15N3O4/c1-17-10(15)7-2-3-9(8(12)6-7)14-4-5-18-11(13)16/h2-3,6,14H,4-5,12H2,1H3,(H2,13,16). The number of carbonyl (C=O) groups excluding carboxylic acids is 2. The molecule has 98 valence electrons. The SMILES string of the molecule is COC(=O)c1ccc(NCCOC(N)=O)c(N)c1. The van der Waals surface area contributed by atoms with E-state index >= 15 is 0 Å². The van der Waals surface area contributed by atoms with Crippen molar-refractivity contribution in [3.8, 4) is 0 Å². The van der Waals surface area contributed by atoms with Crippen LogP contribution in [-0.2, 0) is 9.47 Å². The number of amides is 1. The molecule has 18 heavy (non-hydrogen) atoms. The van der Waals surface area contributed by atoms with Crippen molar-refractivity contribution >= 4 is 23.4 Å². The van der Waals surface area contributed by atoms with E-state index < -0.39 is 12.1 Å². The van der Waals surface area contributed by atoms with Gasteiger partial charge in [0.05, 0.1) is 24.0 Å². The van der Waals surface area contributed by atoms with Gasteiger partial charge in [0.15, 0.2) is 0 Å². The number of methoxy groups -OCH3 is 1. The van der Waals surface area contributed by atoms with Crippen LogP contribution in [0, 0.1) is 0 Å². The van der Waals surface area contributed by atoms with Gasteiger partial charge in [-0.25, -0.2) is 9.59 Å². The highest BCUT2D eigenvalue weighted by atomic mass is 16.5. The highest BCUT2D eigenvalue weighted by Crippen LogP contribution is 2.19. The van der Waals surface area contributed by atoms with E-state index in [4.69, 9.17) is 11.5 Å². The lowest BCUT2D eigenvalue weighted by molar-refractivity contribution is 0.0600. The molecular formula is C11H15N3O4. The summed E-state index contributed by atoms with van der Waals surface area (Å²) in [6, 6.07) is 4.73. The van der Waals surface area contributed by atoms with E-state index in [-0.39, 0.29) is 6.61 Å². The van der Waals surface area contributed by atoms with Crippen LogP contribution in [0.3, 0.4) is 0 Å². The van der Waals surface area contributed by atoms with Crippen molar-refractivity contribution in [2.45, 2.75) is 0 Å². The average Bonchev–Trinajstić information content (AvgIpc) is 2.34. The van der Waals surface area contributed by atoms with Gasteiger partial charge in [-0.05, 0) is 18.2 Å². The summed E-state index contributed by atoms with van der Waals surface area (Å²) >= 11 is 0. The molecule has 0 aliphatic carbocycles. The van der Waals surface area contributed by atoms with E-state index in [1.54, 1.807) is 12.1 Å². The Morgan fingerprint density at radius 1 is 1.39 bits per heavy atom. The van der Waals surface area contributed by atoms with Crippen LogP contribution in [-0.4, -0.2) is 32.3 Å². The molecule has 7 nitrogen and oxygen atoms in total. The molecule has 5 N–H and O–H groups in total. The molecule has 0 heterocycles. The Labute approximate surface area is 104 Å². The zero-order chi connectivity index (χ0) is 13.5. The van der Waals surface area contributed by atoms with Crippen molar-refractivity contribution in [1.29, 1.82) is 0 Å². The minimum absolute atomic E-state index is 0.132. The summed E-state index contributed by atoms with van der Waals surface area (Å²) in [5.74, 6) is -0.453. The number of carbonyl (C=O) groups is 2. The average molecular weight is 253 g/mol. The summed E-state index contributed by atoms with van der Waals surface area (Å²) in [6.45, 7) is 0.498. The lowest BCUT2D eigenvalue weighted by Gasteiger charge is -2.10. The number of nitrogen functional groups attached to an aromatic ring is 1. The van der Waals surface area contributed by atoms with Crippen LogP contribution in [0.2, 0.25) is 0 Å². The molecular weight excluding hydrogens is 238 g/mol. The van der Waals surface area contributed by atoms with Crippen LogP contribution in [0.15, 0.2) is 18.2 Å². The van der Waals surface area contributed by atoms with Gasteiger partial charge in [0.25, 0.3) is 0 Å². The number of esters is 1. The fraction of sp³-hybridized carbons (Fsp3) is 0.273. The Morgan fingerprint density at radius 2 is 2.11 bits per heavy atom. The molecule has 0 saturated carbocycles. The lowest BCUT2D eigenvalue weighted by atomic mass is 10.1. The van der Waals surface area contributed by atoms with Gasteiger partial charge >= 0.3 is 12.1 Å². The second-order valence-electron chi connectivity index (χ2n) is 3.39. The summed E-state index contributed by atoms with van der Waals surface area (Å²) in [5.41, 5.74) is 12.0. The van der Waals surface area contributed by atoms with Crippen LogP contribution in [0.1, 0.15) is 10.4 Å². The summed E-state index contributed by atoms with van der Waals surface area (Å²) in [6.07, 6.45) is -0.828. The molecule has 0 spiro atoms. The van der Waals surface area contributed by atoms with Crippen LogP contribution in [0.5, 0.6) is 0 Å². The number of ether oxygens (including phenoxy) is 2. The van der Waals surface area contributed by atoms with E-state index in [0.29, 0.717) is 23.5 Å². The maximum Gasteiger partial charge on any atom is 0.404 e. The second kappa shape index (κ2) is 6.33. The molecule has 0 atom stereocenters. The summed E-state index contributed by atoms with van der Waals surface area (Å²) in [4.78, 5) is 21.6. The maximum atomic E-state index is 11.2. The number of primary amides is 1. The molecule has 1 rings (SSSR count). The first-order chi connectivity index (χ1) is 8.54. The first kappa shape index (κ1) is 13.6. The molecule has 1 aromatic carbocycles. The van der Waals surface area contributed by atoms with Crippen molar-refractivity contribution in [1.82, 2.24) is 0 Å². The van der Waals surface area contributed by atoms with Crippen molar-refractivity contribution in [3.63, 3.8) is 0 Å².